The molecule has 0 unspecified atom stereocenters. The third-order valence-corrected chi connectivity index (χ3v) is 2.96. The number of anilines is 1. The lowest BCUT2D eigenvalue weighted by atomic mass is 10.2. The fourth-order valence-electron chi connectivity index (χ4n) is 2.16. The molecule has 16 heavy (non-hydrogen) atoms. The number of ether oxygens (including phenoxy) is 1. The highest BCUT2D eigenvalue weighted by molar-refractivity contribution is 5.60. The molecule has 0 atom stereocenters. The van der Waals surface area contributed by atoms with Crippen LogP contribution in [0.1, 0.15) is 31.7 Å². The largest absolute Gasteiger partial charge is 0.476 e. The number of rotatable bonds is 4. The van der Waals surface area contributed by atoms with E-state index >= 15 is 0 Å². The van der Waals surface area contributed by atoms with Gasteiger partial charge in [0, 0.05) is 19.3 Å². The Kier molecular flexibility index (Phi) is 3.65. The minimum atomic E-state index is 0.747. The van der Waals surface area contributed by atoms with Gasteiger partial charge in [0.2, 0.25) is 5.88 Å². The maximum absolute atomic E-state index is 5.73. The van der Waals surface area contributed by atoms with Crippen LogP contribution in [0, 0.1) is 6.92 Å². The molecule has 0 amide bonds. The molecule has 0 spiro atoms. The zero-order valence-corrected chi connectivity index (χ0v) is 10.2. The lowest BCUT2D eigenvalue weighted by molar-refractivity contribution is 0.305. The van der Waals surface area contributed by atoms with E-state index in [0.29, 0.717) is 0 Å². The fraction of sp³-hybridized carbons (Fsp3) is 0.615. The van der Waals surface area contributed by atoms with Gasteiger partial charge in [-0.15, -0.1) is 0 Å². The van der Waals surface area contributed by atoms with Crippen molar-refractivity contribution < 1.29 is 4.74 Å². The first kappa shape index (κ1) is 11.2. The molecule has 2 heterocycles. The average molecular weight is 220 g/mol. The van der Waals surface area contributed by atoms with E-state index in [4.69, 9.17) is 4.74 Å². The first-order valence-electron chi connectivity index (χ1n) is 6.16. The molecule has 3 nitrogen and oxygen atoms in total. The van der Waals surface area contributed by atoms with Crippen molar-refractivity contribution in [3.8, 4) is 5.88 Å². The molecule has 0 bridgehead atoms. The predicted molar refractivity (Wildman–Crippen MR) is 66.2 cm³/mol. The molecule has 0 saturated carbocycles. The Morgan fingerprint density at radius 3 is 2.81 bits per heavy atom. The predicted octanol–water partition coefficient (Wildman–Crippen LogP) is 2.78. The molecule has 88 valence electrons. The van der Waals surface area contributed by atoms with E-state index < -0.39 is 0 Å². The SMILES string of the molecule is CCCOc1nccc(C)c1N1CCCC1. The van der Waals surface area contributed by atoms with Crippen molar-refractivity contribution in [2.45, 2.75) is 33.1 Å². The summed E-state index contributed by atoms with van der Waals surface area (Å²) in [4.78, 5) is 6.75. The molecule has 1 aromatic rings. The average Bonchev–Trinajstić information content (AvgIpc) is 2.79. The highest BCUT2D eigenvalue weighted by Gasteiger charge is 2.19. The number of hydrogen-bond donors (Lipinski definition) is 0. The Bertz CT molecular complexity index is 346. The van der Waals surface area contributed by atoms with Crippen LogP contribution in [0.2, 0.25) is 0 Å². The topological polar surface area (TPSA) is 25.4 Å². The normalized spacial score (nSPS) is 15.5. The van der Waals surface area contributed by atoms with E-state index in [1.807, 2.05) is 6.20 Å². The number of hydrogen-bond acceptors (Lipinski definition) is 3. The van der Waals surface area contributed by atoms with Crippen molar-refractivity contribution in [3.63, 3.8) is 0 Å². The second-order valence-electron chi connectivity index (χ2n) is 4.32. The molecular formula is C13H20N2O. The Morgan fingerprint density at radius 2 is 2.12 bits per heavy atom. The molecule has 1 aromatic heterocycles. The van der Waals surface area contributed by atoms with Gasteiger partial charge in [0.25, 0.3) is 0 Å². The summed E-state index contributed by atoms with van der Waals surface area (Å²) in [7, 11) is 0. The molecule has 0 N–H and O–H groups in total. The first-order chi connectivity index (χ1) is 7.83. The molecule has 0 aliphatic carbocycles. The summed E-state index contributed by atoms with van der Waals surface area (Å²) < 4.78 is 5.73. The van der Waals surface area contributed by atoms with Crippen LogP contribution in [0.5, 0.6) is 5.88 Å². The molecule has 2 rings (SSSR count). The quantitative estimate of drug-likeness (QED) is 0.780. The highest BCUT2D eigenvalue weighted by atomic mass is 16.5. The van der Waals surface area contributed by atoms with Gasteiger partial charge >= 0.3 is 0 Å². The zero-order valence-electron chi connectivity index (χ0n) is 10.2. The second-order valence-corrected chi connectivity index (χ2v) is 4.32. The summed E-state index contributed by atoms with van der Waals surface area (Å²) in [6.45, 7) is 7.26. The maximum atomic E-state index is 5.73. The van der Waals surface area contributed by atoms with E-state index in [0.717, 1.165) is 32.0 Å². The van der Waals surface area contributed by atoms with Crippen LogP contribution in [0.3, 0.4) is 0 Å². The van der Waals surface area contributed by atoms with Crippen LogP contribution in [0.15, 0.2) is 12.3 Å². The first-order valence-corrected chi connectivity index (χ1v) is 6.16. The summed E-state index contributed by atoms with van der Waals surface area (Å²) >= 11 is 0. The smallest absolute Gasteiger partial charge is 0.237 e. The van der Waals surface area contributed by atoms with Gasteiger partial charge in [-0.1, -0.05) is 6.92 Å². The molecule has 3 heteroatoms. The molecule has 1 saturated heterocycles. The van der Waals surface area contributed by atoms with Gasteiger partial charge in [0.1, 0.15) is 5.69 Å². The molecule has 1 aliphatic heterocycles. The van der Waals surface area contributed by atoms with E-state index in [-0.39, 0.29) is 0 Å². The maximum Gasteiger partial charge on any atom is 0.237 e. The van der Waals surface area contributed by atoms with Crippen molar-refractivity contribution in [1.82, 2.24) is 4.98 Å². The molecule has 0 aromatic carbocycles. The minimum absolute atomic E-state index is 0.747. The zero-order chi connectivity index (χ0) is 11.4. The summed E-state index contributed by atoms with van der Waals surface area (Å²) in [6, 6.07) is 2.06. The van der Waals surface area contributed by atoms with Crippen LogP contribution < -0.4 is 9.64 Å². The monoisotopic (exact) mass is 220 g/mol. The van der Waals surface area contributed by atoms with Crippen LogP contribution >= 0.6 is 0 Å². The number of aryl methyl sites for hydroxylation is 1. The minimum Gasteiger partial charge on any atom is -0.476 e. The van der Waals surface area contributed by atoms with Crippen LogP contribution in [0.4, 0.5) is 5.69 Å². The summed E-state index contributed by atoms with van der Waals surface area (Å²) in [5.41, 5.74) is 2.47. The molecular weight excluding hydrogens is 200 g/mol. The van der Waals surface area contributed by atoms with E-state index in [2.05, 4.69) is 29.8 Å². The molecule has 0 radical (unpaired) electrons. The Morgan fingerprint density at radius 1 is 1.38 bits per heavy atom. The van der Waals surface area contributed by atoms with Crippen molar-refractivity contribution >= 4 is 5.69 Å². The van der Waals surface area contributed by atoms with E-state index in [1.54, 1.807) is 0 Å². The van der Waals surface area contributed by atoms with Crippen LogP contribution in [0.25, 0.3) is 0 Å². The molecule has 1 aliphatic rings. The van der Waals surface area contributed by atoms with E-state index in [9.17, 15) is 0 Å². The Balaban J connectivity index is 2.24. The second kappa shape index (κ2) is 5.19. The van der Waals surface area contributed by atoms with Crippen LogP contribution in [-0.4, -0.2) is 24.7 Å². The Hall–Kier alpha value is -1.25. The van der Waals surface area contributed by atoms with Gasteiger partial charge in [0.05, 0.1) is 6.61 Å². The van der Waals surface area contributed by atoms with Crippen molar-refractivity contribution in [2.24, 2.45) is 0 Å². The standard InChI is InChI=1S/C13H20N2O/c1-3-10-16-13-12(11(2)6-7-14-13)15-8-4-5-9-15/h6-7H,3-5,8-10H2,1-2H3. The fourth-order valence-corrected chi connectivity index (χ4v) is 2.16. The van der Waals surface area contributed by atoms with Gasteiger partial charge in [-0.2, -0.15) is 0 Å². The van der Waals surface area contributed by atoms with E-state index in [1.165, 1.54) is 24.1 Å². The number of pyridine rings is 1. The highest BCUT2D eigenvalue weighted by Crippen LogP contribution is 2.32. The summed E-state index contributed by atoms with van der Waals surface area (Å²) in [5, 5.41) is 0. The third kappa shape index (κ3) is 2.29. The van der Waals surface area contributed by atoms with Gasteiger partial charge in [0.15, 0.2) is 0 Å². The van der Waals surface area contributed by atoms with Crippen molar-refractivity contribution in [3.05, 3.63) is 17.8 Å². The molecule has 1 fully saturated rings. The lowest BCUT2D eigenvalue weighted by Crippen LogP contribution is -2.20. The lowest BCUT2D eigenvalue weighted by Gasteiger charge is -2.22. The summed E-state index contributed by atoms with van der Waals surface area (Å²) in [6.07, 6.45) is 5.41. The summed E-state index contributed by atoms with van der Waals surface area (Å²) in [5.74, 6) is 0.809. The number of nitrogens with zero attached hydrogens (tertiary/aromatic N) is 2. The third-order valence-electron chi connectivity index (χ3n) is 2.96. The van der Waals surface area contributed by atoms with Gasteiger partial charge < -0.3 is 9.64 Å². The van der Waals surface area contributed by atoms with Gasteiger partial charge in [-0.05, 0) is 37.8 Å². The van der Waals surface area contributed by atoms with Gasteiger partial charge in [-0.3, -0.25) is 0 Å². The van der Waals surface area contributed by atoms with Gasteiger partial charge in [-0.25, -0.2) is 4.98 Å². The Labute approximate surface area is 97.4 Å². The van der Waals surface area contributed by atoms with Crippen LogP contribution in [-0.2, 0) is 0 Å². The van der Waals surface area contributed by atoms with Crippen molar-refractivity contribution in [2.75, 3.05) is 24.6 Å². The number of aromatic nitrogens is 1. The van der Waals surface area contributed by atoms with Crippen molar-refractivity contribution in [1.29, 1.82) is 0 Å².